The van der Waals surface area contributed by atoms with E-state index in [1.165, 1.54) is 10.8 Å². The molecule has 1 aromatic heterocycles. The van der Waals surface area contributed by atoms with Crippen molar-refractivity contribution in [1.29, 1.82) is 0 Å². The fourth-order valence-electron chi connectivity index (χ4n) is 1.72. The van der Waals surface area contributed by atoms with E-state index in [0.29, 0.717) is 0 Å². The summed E-state index contributed by atoms with van der Waals surface area (Å²) in [6.07, 6.45) is 0. The third-order valence-corrected chi connectivity index (χ3v) is 2.43. The molecule has 0 N–H and O–H groups in total. The summed E-state index contributed by atoms with van der Waals surface area (Å²) in [6, 6.07) is 18.6. The number of nitrogens with zero attached hydrogens (tertiary/aromatic N) is 1. The average molecular weight is 207 g/mol. The van der Waals surface area contributed by atoms with Gasteiger partial charge in [-0.1, -0.05) is 36.4 Å². The normalized spacial score (nSPS) is 9.75. The van der Waals surface area contributed by atoms with Crippen molar-refractivity contribution in [3.8, 4) is 0 Å². The first-order chi connectivity index (χ1) is 7.93. The van der Waals surface area contributed by atoms with E-state index in [9.17, 15) is 0 Å². The number of pyridine rings is 1. The fourth-order valence-corrected chi connectivity index (χ4v) is 1.72. The van der Waals surface area contributed by atoms with E-state index in [1.54, 1.807) is 0 Å². The lowest BCUT2D eigenvalue weighted by Gasteiger charge is -1.99. The summed E-state index contributed by atoms with van der Waals surface area (Å²) in [7, 11) is 0. The Morgan fingerprint density at radius 2 is 1.12 bits per heavy atom. The molecule has 0 aliphatic heterocycles. The largest absolute Gasteiger partial charge is 0.248 e. The van der Waals surface area contributed by atoms with Gasteiger partial charge in [-0.2, -0.15) is 0 Å². The van der Waals surface area contributed by atoms with Crippen LogP contribution in [-0.4, -0.2) is 4.98 Å². The molecule has 0 aliphatic rings. The lowest BCUT2D eigenvalue weighted by atomic mass is 10.1. The van der Waals surface area contributed by atoms with Gasteiger partial charge < -0.3 is 0 Å². The van der Waals surface area contributed by atoms with Crippen molar-refractivity contribution in [2.24, 2.45) is 0 Å². The first-order valence-electron chi connectivity index (χ1n) is 5.18. The first kappa shape index (κ1) is 10.4. The topological polar surface area (TPSA) is 12.9 Å². The van der Waals surface area contributed by atoms with Crippen LogP contribution < -0.4 is 0 Å². The van der Waals surface area contributed by atoms with Crippen LogP contribution >= 0.6 is 0 Å². The molecule has 0 bridgehead atoms. The molecule has 3 rings (SSSR count). The Balaban J connectivity index is 0.000000457. The SMILES string of the molecule is C=C.c1ccc2nc3ccccc3cc2c1. The van der Waals surface area contributed by atoms with E-state index in [2.05, 4.69) is 36.3 Å². The molecule has 0 atom stereocenters. The third-order valence-electron chi connectivity index (χ3n) is 2.43. The minimum absolute atomic E-state index is 1.06. The second kappa shape index (κ2) is 4.58. The molecular weight excluding hydrogens is 194 g/mol. The minimum atomic E-state index is 1.06. The first-order valence-corrected chi connectivity index (χ1v) is 5.18. The number of fused-ring (bicyclic) bond motifs is 2. The van der Waals surface area contributed by atoms with E-state index >= 15 is 0 Å². The van der Waals surface area contributed by atoms with Gasteiger partial charge in [-0.05, 0) is 18.2 Å². The Hall–Kier alpha value is -2.15. The van der Waals surface area contributed by atoms with E-state index in [4.69, 9.17) is 0 Å². The highest BCUT2D eigenvalue weighted by Crippen LogP contribution is 2.18. The van der Waals surface area contributed by atoms with E-state index in [-0.39, 0.29) is 0 Å². The molecule has 0 saturated heterocycles. The summed E-state index contributed by atoms with van der Waals surface area (Å²) in [5.74, 6) is 0. The summed E-state index contributed by atoms with van der Waals surface area (Å²) in [5.41, 5.74) is 2.12. The Labute approximate surface area is 95.1 Å². The van der Waals surface area contributed by atoms with Gasteiger partial charge in [0.05, 0.1) is 11.0 Å². The standard InChI is InChI=1S/C13H9N.C2H4/c1-3-7-12-10(5-1)9-11-6-2-4-8-13(11)14-12;1-2/h1-9H;1-2H2. The maximum Gasteiger partial charge on any atom is 0.0709 e. The second-order valence-electron chi connectivity index (χ2n) is 3.37. The van der Waals surface area contributed by atoms with Crippen molar-refractivity contribution in [2.75, 3.05) is 0 Å². The molecule has 0 aliphatic carbocycles. The highest BCUT2D eigenvalue weighted by Gasteiger charge is 1.96. The average Bonchev–Trinajstić information content (AvgIpc) is 2.38. The van der Waals surface area contributed by atoms with Crippen LogP contribution in [0.1, 0.15) is 0 Å². The van der Waals surface area contributed by atoms with Crippen molar-refractivity contribution < 1.29 is 0 Å². The summed E-state index contributed by atoms with van der Waals surface area (Å²) >= 11 is 0. The molecule has 2 aromatic carbocycles. The van der Waals surface area contributed by atoms with Crippen molar-refractivity contribution in [3.05, 3.63) is 67.8 Å². The zero-order valence-corrected chi connectivity index (χ0v) is 9.06. The van der Waals surface area contributed by atoms with Crippen LogP contribution in [0.3, 0.4) is 0 Å². The number of aromatic nitrogens is 1. The zero-order valence-electron chi connectivity index (χ0n) is 9.06. The molecule has 1 heterocycles. The minimum Gasteiger partial charge on any atom is -0.248 e. The van der Waals surface area contributed by atoms with Gasteiger partial charge in [-0.15, -0.1) is 13.2 Å². The number of benzene rings is 2. The van der Waals surface area contributed by atoms with Crippen molar-refractivity contribution in [1.82, 2.24) is 4.98 Å². The Kier molecular flexibility index (Phi) is 2.97. The lowest BCUT2D eigenvalue weighted by Crippen LogP contribution is -1.80. The summed E-state index contributed by atoms with van der Waals surface area (Å²) in [6.45, 7) is 6.00. The molecule has 78 valence electrons. The summed E-state index contributed by atoms with van der Waals surface area (Å²) < 4.78 is 0. The monoisotopic (exact) mass is 207 g/mol. The smallest absolute Gasteiger partial charge is 0.0709 e. The predicted molar refractivity (Wildman–Crippen MR) is 70.5 cm³/mol. The van der Waals surface area contributed by atoms with Gasteiger partial charge in [0.25, 0.3) is 0 Å². The third kappa shape index (κ3) is 1.80. The van der Waals surface area contributed by atoms with E-state index in [0.717, 1.165) is 11.0 Å². The molecule has 0 fully saturated rings. The number of para-hydroxylation sites is 2. The van der Waals surface area contributed by atoms with Crippen LogP contribution in [0.5, 0.6) is 0 Å². The van der Waals surface area contributed by atoms with Gasteiger partial charge in [-0.3, -0.25) is 0 Å². The number of hydrogen-bond donors (Lipinski definition) is 0. The molecule has 0 saturated carbocycles. The molecule has 0 radical (unpaired) electrons. The Bertz CT molecular complexity index is 509. The molecule has 3 aromatic rings. The number of hydrogen-bond acceptors (Lipinski definition) is 1. The lowest BCUT2D eigenvalue weighted by molar-refractivity contribution is 1.50. The number of rotatable bonds is 0. The maximum absolute atomic E-state index is 4.58. The second-order valence-corrected chi connectivity index (χ2v) is 3.37. The van der Waals surface area contributed by atoms with Crippen LogP contribution in [0.4, 0.5) is 0 Å². The zero-order chi connectivity index (χ0) is 11.4. The van der Waals surface area contributed by atoms with E-state index in [1.807, 2.05) is 36.4 Å². The van der Waals surface area contributed by atoms with Crippen molar-refractivity contribution in [2.45, 2.75) is 0 Å². The van der Waals surface area contributed by atoms with Gasteiger partial charge in [0.2, 0.25) is 0 Å². The molecule has 1 heteroatoms. The van der Waals surface area contributed by atoms with Gasteiger partial charge in [0, 0.05) is 10.8 Å². The van der Waals surface area contributed by atoms with Crippen LogP contribution in [0.15, 0.2) is 67.8 Å². The van der Waals surface area contributed by atoms with Crippen LogP contribution in [-0.2, 0) is 0 Å². The molecule has 0 amide bonds. The van der Waals surface area contributed by atoms with Gasteiger partial charge in [0.1, 0.15) is 0 Å². The van der Waals surface area contributed by atoms with Gasteiger partial charge in [-0.25, -0.2) is 4.98 Å². The summed E-state index contributed by atoms with van der Waals surface area (Å²) in [4.78, 5) is 4.58. The maximum atomic E-state index is 4.58. The van der Waals surface area contributed by atoms with Crippen molar-refractivity contribution in [3.63, 3.8) is 0 Å². The molecule has 0 spiro atoms. The van der Waals surface area contributed by atoms with Gasteiger partial charge >= 0.3 is 0 Å². The fraction of sp³-hybridized carbons (Fsp3) is 0. The molecule has 1 nitrogen and oxygen atoms in total. The highest BCUT2D eigenvalue weighted by molar-refractivity contribution is 5.92. The van der Waals surface area contributed by atoms with Crippen molar-refractivity contribution >= 4 is 21.8 Å². The van der Waals surface area contributed by atoms with Crippen LogP contribution in [0.2, 0.25) is 0 Å². The Morgan fingerprint density at radius 1 is 0.688 bits per heavy atom. The Morgan fingerprint density at radius 3 is 1.62 bits per heavy atom. The summed E-state index contributed by atoms with van der Waals surface area (Å²) in [5, 5.41) is 2.40. The molecule has 0 unspecified atom stereocenters. The molecule has 16 heavy (non-hydrogen) atoms. The quantitative estimate of drug-likeness (QED) is 0.398. The van der Waals surface area contributed by atoms with E-state index < -0.39 is 0 Å². The molecular formula is C15H13N. The highest BCUT2D eigenvalue weighted by atomic mass is 14.7. The van der Waals surface area contributed by atoms with Crippen LogP contribution in [0, 0.1) is 0 Å². The van der Waals surface area contributed by atoms with Gasteiger partial charge in [0.15, 0.2) is 0 Å². The predicted octanol–water partition coefficient (Wildman–Crippen LogP) is 4.19. The van der Waals surface area contributed by atoms with Crippen LogP contribution in [0.25, 0.3) is 21.8 Å².